The molecule has 0 aromatic heterocycles. The molecule has 0 aliphatic carbocycles. The summed E-state index contributed by atoms with van der Waals surface area (Å²) < 4.78 is 33.1. The van der Waals surface area contributed by atoms with E-state index in [1.165, 1.54) is 4.31 Å². The van der Waals surface area contributed by atoms with Crippen LogP contribution >= 0.6 is 0 Å². The number of amides is 1. The first-order valence-corrected chi connectivity index (χ1v) is 9.31. The molecule has 0 aromatic rings. The fourth-order valence-corrected chi connectivity index (χ4v) is 3.91. The molecule has 2 fully saturated rings. The van der Waals surface area contributed by atoms with Crippen molar-refractivity contribution in [2.75, 3.05) is 45.9 Å². The van der Waals surface area contributed by atoms with E-state index in [2.05, 4.69) is 4.72 Å². The summed E-state index contributed by atoms with van der Waals surface area (Å²) in [6.07, 6.45) is 3.11. The minimum absolute atomic E-state index is 0.0199. The van der Waals surface area contributed by atoms with Crippen molar-refractivity contribution in [3.63, 3.8) is 0 Å². The van der Waals surface area contributed by atoms with E-state index in [0.717, 1.165) is 25.9 Å². The Morgan fingerprint density at radius 3 is 2.45 bits per heavy atom. The topological polar surface area (TPSA) is 105 Å². The Labute approximate surface area is 132 Å². The predicted molar refractivity (Wildman–Crippen MR) is 82.3 cm³/mol. The summed E-state index contributed by atoms with van der Waals surface area (Å²) in [5.74, 6) is -0.0199. The minimum atomic E-state index is -3.45. The average Bonchev–Trinajstić information content (AvgIpc) is 3.06. The standard InChI is InChI=1S/C13H26N4O4S/c14-12(13(18)16-6-1-2-7-16)4-3-5-15-22(19,20)17-8-10-21-11-9-17/h12,15H,1-11,14H2. The second kappa shape index (κ2) is 8.21. The van der Waals surface area contributed by atoms with E-state index in [-0.39, 0.29) is 5.91 Å². The molecule has 0 aromatic carbocycles. The maximum atomic E-state index is 12.0. The van der Waals surface area contributed by atoms with Gasteiger partial charge in [0, 0.05) is 32.7 Å². The summed E-state index contributed by atoms with van der Waals surface area (Å²) >= 11 is 0. The Bertz CT molecular complexity index is 459. The highest BCUT2D eigenvalue weighted by atomic mass is 32.2. The Morgan fingerprint density at radius 2 is 1.82 bits per heavy atom. The number of hydrogen-bond donors (Lipinski definition) is 2. The van der Waals surface area contributed by atoms with Crippen LogP contribution in [-0.2, 0) is 19.7 Å². The molecule has 2 aliphatic heterocycles. The maximum absolute atomic E-state index is 12.0. The molecule has 2 saturated heterocycles. The summed E-state index contributed by atoms with van der Waals surface area (Å²) in [5.41, 5.74) is 5.89. The van der Waals surface area contributed by atoms with Crippen molar-refractivity contribution in [3.05, 3.63) is 0 Å². The number of rotatable bonds is 7. The molecule has 0 radical (unpaired) electrons. The highest BCUT2D eigenvalue weighted by molar-refractivity contribution is 7.87. The molecule has 2 rings (SSSR count). The molecule has 8 nitrogen and oxygen atoms in total. The van der Waals surface area contributed by atoms with Gasteiger partial charge < -0.3 is 15.4 Å². The third-order valence-electron chi connectivity index (χ3n) is 4.02. The zero-order valence-corrected chi connectivity index (χ0v) is 13.7. The Hall–Kier alpha value is -0.740. The molecule has 1 amide bonds. The van der Waals surface area contributed by atoms with E-state index >= 15 is 0 Å². The normalized spacial score (nSPS) is 22.0. The molecule has 1 unspecified atom stereocenters. The third kappa shape index (κ3) is 4.88. The van der Waals surface area contributed by atoms with E-state index in [1.807, 2.05) is 0 Å². The van der Waals surface area contributed by atoms with Gasteiger partial charge in [-0.3, -0.25) is 4.79 Å². The predicted octanol–water partition coefficient (Wildman–Crippen LogP) is -1.12. The van der Waals surface area contributed by atoms with Gasteiger partial charge in [-0.15, -0.1) is 0 Å². The molecule has 2 aliphatic rings. The number of carbonyl (C=O) groups is 1. The van der Waals surface area contributed by atoms with Crippen molar-refractivity contribution in [1.82, 2.24) is 13.9 Å². The van der Waals surface area contributed by atoms with Crippen LogP contribution in [0.5, 0.6) is 0 Å². The van der Waals surface area contributed by atoms with Gasteiger partial charge >= 0.3 is 0 Å². The lowest BCUT2D eigenvalue weighted by molar-refractivity contribution is -0.131. The van der Waals surface area contributed by atoms with Gasteiger partial charge in [0.05, 0.1) is 19.3 Å². The summed E-state index contributed by atoms with van der Waals surface area (Å²) in [6.45, 7) is 3.48. The van der Waals surface area contributed by atoms with Crippen LogP contribution in [0.3, 0.4) is 0 Å². The van der Waals surface area contributed by atoms with E-state index < -0.39 is 16.3 Å². The van der Waals surface area contributed by atoms with E-state index in [4.69, 9.17) is 10.5 Å². The third-order valence-corrected chi connectivity index (χ3v) is 5.64. The van der Waals surface area contributed by atoms with Crippen LogP contribution < -0.4 is 10.5 Å². The summed E-state index contributed by atoms with van der Waals surface area (Å²) in [6, 6.07) is -0.536. The van der Waals surface area contributed by atoms with Gasteiger partial charge in [-0.25, -0.2) is 4.72 Å². The van der Waals surface area contributed by atoms with E-state index in [9.17, 15) is 13.2 Å². The number of likely N-dealkylation sites (tertiary alicyclic amines) is 1. The van der Waals surface area contributed by atoms with Gasteiger partial charge in [0.1, 0.15) is 0 Å². The SMILES string of the molecule is NC(CCCNS(=O)(=O)N1CCOCC1)C(=O)N1CCCC1. The quantitative estimate of drug-likeness (QED) is 0.574. The van der Waals surface area contributed by atoms with E-state index in [1.54, 1.807) is 4.90 Å². The molecule has 3 N–H and O–H groups in total. The summed E-state index contributed by atoms with van der Waals surface area (Å²) in [5, 5.41) is 0. The van der Waals surface area contributed by atoms with Gasteiger partial charge in [0.2, 0.25) is 5.91 Å². The van der Waals surface area contributed by atoms with Crippen LogP contribution in [0.1, 0.15) is 25.7 Å². The van der Waals surface area contributed by atoms with Gasteiger partial charge in [0.15, 0.2) is 0 Å². The van der Waals surface area contributed by atoms with Crippen LogP contribution in [0.2, 0.25) is 0 Å². The van der Waals surface area contributed by atoms with Gasteiger partial charge in [-0.1, -0.05) is 0 Å². The zero-order chi connectivity index (χ0) is 16.0. The van der Waals surface area contributed by atoms with Crippen LogP contribution in [0.4, 0.5) is 0 Å². The second-order valence-electron chi connectivity index (χ2n) is 5.69. The zero-order valence-electron chi connectivity index (χ0n) is 12.9. The molecule has 0 bridgehead atoms. The van der Waals surface area contributed by atoms with Gasteiger partial charge in [0.25, 0.3) is 10.2 Å². The number of ether oxygens (including phenoxy) is 1. The second-order valence-corrected chi connectivity index (χ2v) is 7.45. The highest BCUT2D eigenvalue weighted by Gasteiger charge is 2.25. The first kappa shape index (κ1) is 17.6. The molecule has 2 heterocycles. The Morgan fingerprint density at radius 1 is 1.18 bits per heavy atom. The van der Waals surface area contributed by atoms with Crippen LogP contribution in [0, 0.1) is 0 Å². The molecular weight excluding hydrogens is 308 g/mol. The van der Waals surface area contributed by atoms with Crippen LogP contribution in [-0.4, -0.2) is 75.5 Å². The van der Waals surface area contributed by atoms with Crippen molar-refractivity contribution in [3.8, 4) is 0 Å². The minimum Gasteiger partial charge on any atom is -0.379 e. The number of hydrogen-bond acceptors (Lipinski definition) is 5. The lowest BCUT2D eigenvalue weighted by atomic mass is 10.1. The van der Waals surface area contributed by atoms with Crippen LogP contribution in [0.25, 0.3) is 0 Å². The van der Waals surface area contributed by atoms with Crippen molar-refractivity contribution in [2.24, 2.45) is 5.73 Å². The Balaban J connectivity index is 1.66. The number of carbonyl (C=O) groups excluding carboxylic acids is 1. The van der Waals surface area contributed by atoms with Crippen molar-refractivity contribution in [2.45, 2.75) is 31.7 Å². The summed E-state index contributed by atoms with van der Waals surface area (Å²) in [7, 11) is -3.45. The van der Waals surface area contributed by atoms with Crippen LogP contribution in [0.15, 0.2) is 0 Å². The fraction of sp³-hybridized carbons (Fsp3) is 0.923. The fourth-order valence-electron chi connectivity index (χ4n) is 2.70. The summed E-state index contributed by atoms with van der Waals surface area (Å²) in [4.78, 5) is 13.8. The highest BCUT2D eigenvalue weighted by Crippen LogP contribution is 2.10. The number of nitrogens with one attached hydrogen (secondary N) is 1. The molecule has 0 saturated carbocycles. The first-order chi connectivity index (χ1) is 10.5. The molecular formula is C13H26N4O4S. The van der Waals surface area contributed by atoms with Crippen molar-refractivity contribution >= 4 is 16.1 Å². The van der Waals surface area contributed by atoms with Crippen molar-refractivity contribution < 1.29 is 17.9 Å². The average molecular weight is 334 g/mol. The number of nitrogens with zero attached hydrogens (tertiary/aromatic N) is 2. The monoisotopic (exact) mass is 334 g/mol. The molecule has 0 spiro atoms. The molecule has 9 heteroatoms. The maximum Gasteiger partial charge on any atom is 0.279 e. The lowest BCUT2D eigenvalue weighted by Crippen LogP contribution is -2.47. The number of morpholine rings is 1. The first-order valence-electron chi connectivity index (χ1n) is 7.87. The number of nitrogens with two attached hydrogens (primary N) is 1. The van der Waals surface area contributed by atoms with Gasteiger partial charge in [-0.05, 0) is 25.7 Å². The Kier molecular flexibility index (Phi) is 6.57. The lowest BCUT2D eigenvalue weighted by Gasteiger charge is -2.26. The largest absolute Gasteiger partial charge is 0.379 e. The smallest absolute Gasteiger partial charge is 0.279 e. The van der Waals surface area contributed by atoms with E-state index in [0.29, 0.717) is 45.7 Å². The van der Waals surface area contributed by atoms with Gasteiger partial charge in [-0.2, -0.15) is 12.7 Å². The molecule has 22 heavy (non-hydrogen) atoms. The van der Waals surface area contributed by atoms with Crippen molar-refractivity contribution in [1.29, 1.82) is 0 Å². The molecule has 128 valence electrons. The molecule has 1 atom stereocenters.